The molecule has 4 nitrogen and oxygen atoms in total. The molecule has 0 saturated carbocycles. The topological polar surface area (TPSA) is 35.6 Å². The second-order valence-corrected chi connectivity index (χ2v) is 9.17. The van der Waals surface area contributed by atoms with Crippen LogP contribution in [-0.4, -0.2) is 61.0 Å². The third-order valence-electron chi connectivity index (χ3n) is 7.00. The fourth-order valence-corrected chi connectivity index (χ4v) is 5.10. The summed E-state index contributed by atoms with van der Waals surface area (Å²) < 4.78 is 0. The van der Waals surface area contributed by atoms with Crippen LogP contribution in [0.1, 0.15) is 54.4 Å². The zero-order valence-electron chi connectivity index (χ0n) is 19.0. The Balaban J connectivity index is 1.16. The highest BCUT2D eigenvalue weighted by Gasteiger charge is 2.25. The van der Waals surface area contributed by atoms with Gasteiger partial charge in [0.1, 0.15) is 0 Å². The van der Waals surface area contributed by atoms with E-state index in [1.54, 1.807) is 0 Å². The molecule has 2 aromatic rings. The van der Waals surface area contributed by atoms with E-state index < -0.39 is 0 Å². The van der Waals surface area contributed by atoms with E-state index in [1.165, 1.54) is 69.4 Å². The standard InChI is InChI=1S/C27H37N3O/c1-22-8-3-4-9-26(22)23-10-12-24(13-11-23)27(31)28-16-7-17-29-20-14-25(15-21-29)30-18-5-2-6-19-30/h3-4,8-13,25H,2,5-7,14-21H2,1H3,(H,28,31). The molecule has 0 spiro atoms. The van der Waals surface area contributed by atoms with E-state index in [9.17, 15) is 4.79 Å². The molecule has 0 atom stereocenters. The monoisotopic (exact) mass is 419 g/mol. The zero-order chi connectivity index (χ0) is 21.5. The number of carbonyl (C=O) groups excluding carboxylic acids is 1. The molecule has 0 bridgehead atoms. The average Bonchev–Trinajstić information content (AvgIpc) is 2.83. The fourth-order valence-electron chi connectivity index (χ4n) is 5.10. The lowest BCUT2D eigenvalue weighted by atomic mass is 9.99. The molecular formula is C27H37N3O. The van der Waals surface area contributed by atoms with E-state index >= 15 is 0 Å². The first-order valence-corrected chi connectivity index (χ1v) is 12.1. The van der Waals surface area contributed by atoms with Crippen LogP contribution < -0.4 is 5.32 Å². The van der Waals surface area contributed by atoms with Gasteiger partial charge in [-0.1, -0.05) is 42.8 Å². The molecule has 0 aromatic heterocycles. The predicted molar refractivity (Wildman–Crippen MR) is 128 cm³/mol. The lowest BCUT2D eigenvalue weighted by molar-refractivity contribution is 0.0903. The lowest BCUT2D eigenvalue weighted by Crippen LogP contribution is -2.47. The molecule has 1 N–H and O–H groups in total. The summed E-state index contributed by atoms with van der Waals surface area (Å²) >= 11 is 0. The Labute approximate surface area is 187 Å². The van der Waals surface area contributed by atoms with Gasteiger partial charge < -0.3 is 15.1 Å². The van der Waals surface area contributed by atoms with E-state index in [4.69, 9.17) is 0 Å². The van der Waals surface area contributed by atoms with Crippen LogP contribution in [0, 0.1) is 6.92 Å². The Morgan fingerprint density at radius 3 is 2.35 bits per heavy atom. The molecule has 0 unspecified atom stereocenters. The Kier molecular flexibility index (Phi) is 7.76. The number of likely N-dealkylation sites (tertiary alicyclic amines) is 2. The first-order chi connectivity index (χ1) is 15.2. The van der Waals surface area contributed by atoms with Crippen molar-refractivity contribution >= 4 is 5.91 Å². The molecule has 2 fully saturated rings. The van der Waals surface area contributed by atoms with Gasteiger partial charge in [0.05, 0.1) is 0 Å². The van der Waals surface area contributed by atoms with Crippen LogP contribution in [0.5, 0.6) is 0 Å². The number of hydrogen-bond donors (Lipinski definition) is 1. The minimum atomic E-state index is 0.0279. The van der Waals surface area contributed by atoms with Crippen molar-refractivity contribution in [2.24, 2.45) is 0 Å². The van der Waals surface area contributed by atoms with E-state index in [0.717, 1.165) is 36.7 Å². The van der Waals surface area contributed by atoms with Crippen molar-refractivity contribution < 1.29 is 4.79 Å². The van der Waals surface area contributed by atoms with Gasteiger partial charge in [-0.2, -0.15) is 0 Å². The van der Waals surface area contributed by atoms with Crippen molar-refractivity contribution in [1.29, 1.82) is 0 Å². The minimum Gasteiger partial charge on any atom is -0.352 e. The molecular weight excluding hydrogens is 382 g/mol. The number of nitrogens with one attached hydrogen (secondary N) is 1. The van der Waals surface area contributed by atoms with Gasteiger partial charge in [0.15, 0.2) is 0 Å². The third-order valence-corrected chi connectivity index (χ3v) is 7.00. The summed E-state index contributed by atoms with van der Waals surface area (Å²) in [5.74, 6) is 0.0279. The molecule has 0 radical (unpaired) electrons. The molecule has 1 amide bonds. The second-order valence-electron chi connectivity index (χ2n) is 9.17. The summed E-state index contributed by atoms with van der Waals surface area (Å²) in [6.07, 6.45) is 7.81. The smallest absolute Gasteiger partial charge is 0.251 e. The van der Waals surface area contributed by atoms with Crippen LogP contribution in [0.4, 0.5) is 0 Å². The van der Waals surface area contributed by atoms with Crippen molar-refractivity contribution in [3.8, 4) is 11.1 Å². The van der Waals surface area contributed by atoms with Gasteiger partial charge in [0.25, 0.3) is 5.91 Å². The number of carbonyl (C=O) groups is 1. The van der Waals surface area contributed by atoms with Gasteiger partial charge in [-0.15, -0.1) is 0 Å². The molecule has 0 aliphatic carbocycles. The molecule has 4 rings (SSSR count). The van der Waals surface area contributed by atoms with Crippen LogP contribution in [-0.2, 0) is 0 Å². The van der Waals surface area contributed by atoms with E-state index in [2.05, 4.69) is 46.3 Å². The zero-order valence-corrected chi connectivity index (χ0v) is 19.0. The van der Waals surface area contributed by atoms with Crippen LogP contribution in [0.3, 0.4) is 0 Å². The van der Waals surface area contributed by atoms with Crippen molar-refractivity contribution in [1.82, 2.24) is 15.1 Å². The minimum absolute atomic E-state index is 0.0279. The van der Waals surface area contributed by atoms with Crippen LogP contribution in [0.25, 0.3) is 11.1 Å². The number of aryl methyl sites for hydroxylation is 1. The number of hydrogen-bond acceptors (Lipinski definition) is 3. The summed E-state index contributed by atoms with van der Waals surface area (Å²) in [7, 11) is 0. The van der Waals surface area contributed by atoms with Crippen LogP contribution in [0.2, 0.25) is 0 Å². The normalized spacial score (nSPS) is 18.7. The highest BCUT2D eigenvalue weighted by Crippen LogP contribution is 2.23. The number of nitrogens with zero attached hydrogens (tertiary/aromatic N) is 2. The second kappa shape index (κ2) is 10.9. The maximum atomic E-state index is 12.5. The molecule has 2 aliphatic rings. The van der Waals surface area contributed by atoms with Crippen molar-refractivity contribution in [2.75, 3.05) is 39.3 Å². The summed E-state index contributed by atoms with van der Waals surface area (Å²) in [4.78, 5) is 17.8. The van der Waals surface area contributed by atoms with Gasteiger partial charge in [0.2, 0.25) is 0 Å². The molecule has 2 heterocycles. The first-order valence-electron chi connectivity index (χ1n) is 12.1. The number of piperidine rings is 2. The van der Waals surface area contributed by atoms with Crippen molar-refractivity contribution in [3.05, 3.63) is 59.7 Å². The molecule has 166 valence electrons. The van der Waals surface area contributed by atoms with Crippen molar-refractivity contribution in [3.63, 3.8) is 0 Å². The molecule has 2 aliphatic heterocycles. The first kappa shape index (κ1) is 22.0. The van der Waals surface area contributed by atoms with Gasteiger partial charge in [0, 0.05) is 18.2 Å². The largest absolute Gasteiger partial charge is 0.352 e. The van der Waals surface area contributed by atoms with E-state index in [1.807, 2.05) is 24.3 Å². The maximum absolute atomic E-state index is 12.5. The van der Waals surface area contributed by atoms with Crippen molar-refractivity contribution in [2.45, 2.75) is 51.5 Å². The highest BCUT2D eigenvalue weighted by atomic mass is 16.1. The average molecular weight is 420 g/mol. The fraction of sp³-hybridized carbons (Fsp3) is 0.519. The number of rotatable bonds is 7. The molecule has 4 heteroatoms. The molecule has 2 aromatic carbocycles. The predicted octanol–water partition coefficient (Wildman–Crippen LogP) is 4.73. The molecule has 31 heavy (non-hydrogen) atoms. The van der Waals surface area contributed by atoms with Gasteiger partial charge in [-0.05, 0) is 101 Å². The lowest BCUT2D eigenvalue weighted by Gasteiger charge is -2.40. The van der Waals surface area contributed by atoms with Gasteiger partial charge in [-0.25, -0.2) is 0 Å². The summed E-state index contributed by atoms with van der Waals surface area (Å²) in [6, 6.07) is 17.1. The Hall–Kier alpha value is -2.17. The quantitative estimate of drug-likeness (QED) is 0.659. The van der Waals surface area contributed by atoms with Gasteiger partial charge in [-0.3, -0.25) is 4.79 Å². The number of benzene rings is 2. The summed E-state index contributed by atoms with van der Waals surface area (Å²) in [5, 5.41) is 3.10. The molecule has 2 saturated heterocycles. The van der Waals surface area contributed by atoms with E-state index in [-0.39, 0.29) is 5.91 Å². The SMILES string of the molecule is Cc1ccccc1-c1ccc(C(=O)NCCCN2CCC(N3CCCCC3)CC2)cc1. The maximum Gasteiger partial charge on any atom is 0.251 e. The Bertz CT molecular complexity index is 834. The van der Waals surface area contributed by atoms with E-state index in [0.29, 0.717) is 0 Å². The van der Waals surface area contributed by atoms with Crippen LogP contribution in [0.15, 0.2) is 48.5 Å². The highest BCUT2D eigenvalue weighted by molar-refractivity contribution is 5.94. The summed E-state index contributed by atoms with van der Waals surface area (Å²) in [5.41, 5.74) is 4.36. The number of amides is 1. The Morgan fingerprint density at radius 2 is 1.65 bits per heavy atom. The van der Waals surface area contributed by atoms with Crippen LogP contribution >= 0.6 is 0 Å². The third kappa shape index (κ3) is 5.96. The van der Waals surface area contributed by atoms with Gasteiger partial charge >= 0.3 is 0 Å². The Morgan fingerprint density at radius 1 is 0.935 bits per heavy atom. The summed E-state index contributed by atoms with van der Waals surface area (Å²) in [6.45, 7) is 8.96.